The Morgan fingerprint density at radius 3 is 1.69 bits per heavy atom. The second-order valence-corrected chi connectivity index (χ2v) is 5.78. The molecule has 0 aromatic carbocycles. The SMILES string of the molecule is CC(C)(C)C1=C(C(C)(C)N)CCC1. The van der Waals surface area contributed by atoms with Crippen molar-refractivity contribution in [1.82, 2.24) is 0 Å². The quantitative estimate of drug-likeness (QED) is 0.617. The molecule has 1 aliphatic rings. The molecule has 1 rings (SSSR count). The van der Waals surface area contributed by atoms with Crippen molar-refractivity contribution in [3.8, 4) is 0 Å². The first-order valence-electron chi connectivity index (χ1n) is 5.25. The standard InChI is InChI=1S/C12H23N/c1-11(2,3)9-7-6-8-10(9)12(4,5)13/h6-8,13H2,1-5H3. The fourth-order valence-electron chi connectivity index (χ4n) is 2.28. The molecule has 0 unspecified atom stereocenters. The largest absolute Gasteiger partial charge is 0.322 e. The Morgan fingerprint density at radius 1 is 0.923 bits per heavy atom. The van der Waals surface area contributed by atoms with Gasteiger partial charge in [0.25, 0.3) is 0 Å². The number of hydrogen-bond acceptors (Lipinski definition) is 1. The van der Waals surface area contributed by atoms with E-state index in [1.807, 2.05) is 0 Å². The summed E-state index contributed by atoms with van der Waals surface area (Å²) in [6.07, 6.45) is 3.75. The van der Waals surface area contributed by atoms with Gasteiger partial charge < -0.3 is 5.73 Å². The van der Waals surface area contributed by atoms with E-state index in [2.05, 4.69) is 34.6 Å². The molecule has 0 bridgehead atoms. The molecule has 0 saturated heterocycles. The fourth-order valence-corrected chi connectivity index (χ4v) is 2.28. The Morgan fingerprint density at radius 2 is 1.38 bits per heavy atom. The number of nitrogens with two attached hydrogens (primary N) is 1. The van der Waals surface area contributed by atoms with Crippen molar-refractivity contribution < 1.29 is 0 Å². The van der Waals surface area contributed by atoms with Gasteiger partial charge in [-0.1, -0.05) is 31.9 Å². The van der Waals surface area contributed by atoms with E-state index in [1.54, 1.807) is 5.57 Å². The number of rotatable bonds is 1. The monoisotopic (exact) mass is 181 g/mol. The predicted octanol–water partition coefficient (Wildman–Crippen LogP) is 3.25. The van der Waals surface area contributed by atoms with Crippen LogP contribution in [0, 0.1) is 5.41 Å². The first-order chi connectivity index (χ1) is 5.73. The van der Waals surface area contributed by atoms with Gasteiger partial charge in [-0.3, -0.25) is 0 Å². The van der Waals surface area contributed by atoms with E-state index < -0.39 is 0 Å². The van der Waals surface area contributed by atoms with Gasteiger partial charge in [-0.15, -0.1) is 0 Å². The summed E-state index contributed by atoms with van der Waals surface area (Å²) >= 11 is 0. The summed E-state index contributed by atoms with van der Waals surface area (Å²) < 4.78 is 0. The first-order valence-corrected chi connectivity index (χ1v) is 5.25. The summed E-state index contributed by atoms with van der Waals surface area (Å²) in [5.74, 6) is 0. The minimum atomic E-state index is -0.112. The van der Waals surface area contributed by atoms with E-state index in [0.29, 0.717) is 5.41 Å². The molecule has 0 heterocycles. The zero-order valence-corrected chi connectivity index (χ0v) is 9.70. The second kappa shape index (κ2) is 3.13. The van der Waals surface area contributed by atoms with Gasteiger partial charge in [0.05, 0.1) is 0 Å². The maximum absolute atomic E-state index is 6.17. The lowest BCUT2D eigenvalue weighted by Gasteiger charge is -2.29. The molecule has 0 spiro atoms. The van der Waals surface area contributed by atoms with Crippen LogP contribution in [0.4, 0.5) is 0 Å². The maximum atomic E-state index is 6.17. The summed E-state index contributed by atoms with van der Waals surface area (Å²) in [7, 11) is 0. The van der Waals surface area contributed by atoms with Crippen molar-refractivity contribution in [3.05, 3.63) is 11.1 Å². The van der Waals surface area contributed by atoms with Crippen molar-refractivity contribution >= 4 is 0 Å². The maximum Gasteiger partial charge on any atom is 0.0314 e. The van der Waals surface area contributed by atoms with Crippen molar-refractivity contribution in [2.45, 2.75) is 59.4 Å². The molecule has 76 valence electrons. The van der Waals surface area contributed by atoms with E-state index >= 15 is 0 Å². The molecule has 13 heavy (non-hydrogen) atoms. The Kier molecular flexibility index (Phi) is 2.59. The molecule has 0 radical (unpaired) electrons. The van der Waals surface area contributed by atoms with Crippen LogP contribution in [0.1, 0.15) is 53.9 Å². The lowest BCUT2D eigenvalue weighted by Crippen LogP contribution is -2.35. The molecule has 1 heteroatoms. The minimum Gasteiger partial charge on any atom is -0.322 e. The number of hydrogen-bond donors (Lipinski definition) is 1. The summed E-state index contributed by atoms with van der Waals surface area (Å²) in [6.45, 7) is 11.1. The average molecular weight is 181 g/mol. The molecule has 0 aromatic heterocycles. The zero-order chi connectivity index (χ0) is 10.3. The van der Waals surface area contributed by atoms with Gasteiger partial charge in [0.2, 0.25) is 0 Å². The van der Waals surface area contributed by atoms with Gasteiger partial charge in [0.1, 0.15) is 0 Å². The lowest BCUT2D eigenvalue weighted by molar-refractivity contribution is 0.474. The molecular weight excluding hydrogens is 158 g/mol. The van der Waals surface area contributed by atoms with Crippen LogP contribution in [0.25, 0.3) is 0 Å². The average Bonchev–Trinajstić information content (AvgIpc) is 2.27. The summed E-state index contributed by atoms with van der Waals surface area (Å²) in [5.41, 5.74) is 9.46. The summed E-state index contributed by atoms with van der Waals surface area (Å²) in [4.78, 5) is 0. The Hall–Kier alpha value is -0.300. The fraction of sp³-hybridized carbons (Fsp3) is 0.833. The molecular formula is C12H23N. The van der Waals surface area contributed by atoms with Crippen LogP contribution in [0.15, 0.2) is 11.1 Å². The Bertz CT molecular complexity index is 198. The van der Waals surface area contributed by atoms with Gasteiger partial charge in [-0.05, 0) is 38.5 Å². The molecule has 0 amide bonds. The van der Waals surface area contributed by atoms with Crippen molar-refractivity contribution in [2.24, 2.45) is 11.1 Å². The van der Waals surface area contributed by atoms with Crippen LogP contribution in [0.2, 0.25) is 0 Å². The molecule has 2 N–H and O–H groups in total. The van der Waals surface area contributed by atoms with Crippen LogP contribution < -0.4 is 5.73 Å². The van der Waals surface area contributed by atoms with Gasteiger partial charge in [-0.25, -0.2) is 0 Å². The highest BCUT2D eigenvalue weighted by Crippen LogP contribution is 2.41. The van der Waals surface area contributed by atoms with Crippen molar-refractivity contribution in [2.75, 3.05) is 0 Å². The van der Waals surface area contributed by atoms with E-state index in [4.69, 9.17) is 5.73 Å². The predicted molar refractivity (Wildman–Crippen MR) is 58.6 cm³/mol. The van der Waals surface area contributed by atoms with Gasteiger partial charge in [-0.2, -0.15) is 0 Å². The van der Waals surface area contributed by atoms with Crippen LogP contribution in [-0.4, -0.2) is 5.54 Å². The van der Waals surface area contributed by atoms with Crippen LogP contribution in [0.3, 0.4) is 0 Å². The van der Waals surface area contributed by atoms with E-state index in [9.17, 15) is 0 Å². The first kappa shape index (κ1) is 10.8. The molecule has 1 nitrogen and oxygen atoms in total. The van der Waals surface area contributed by atoms with Crippen molar-refractivity contribution in [3.63, 3.8) is 0 Å². The lowest BCUT2D eigenvalue weighted by atomic mass is 9.80. The zero-order valence-electron chi connectivity index (χ0n) is 9.70. The summed E-state index contributed by atoms with van der Waals surface area (Å²) in [5, 5.41) is 0. The summed E-state index contributed by atoms with van der Waals surface area (Å²) in [6, 6.07) is 0. The van der Waals surface area contributed by atoms with Crippen LogP contribution in [-0.2, 0) is 0 Å². The second-order valence-electron chi connectivity index (χ2n) is 5.78. The third kappa shape index (κ3) is 2.34. The van der Waals surface area contributed by atoms with Crippen LogP contribution in [0.5, 0.6) is 0 Å². The topological polar surface area (TPSA) is 26.0 Å². The molecule has 0 saturated carbocycles. The van der Waals surface area contributed by atoms with E-state index in [-0.39, 0.29) is 5.54 Å². The highest BCUT2D eigenvalue weighted by Gasteiger charge is 2.30. The highest BCUT2D eigenvalue weighted by atomic mass is 14.7. The minimum absolute atomic E-state index is 0.112. The third-order valence-corrected chi connectivity index (χ3v) is 2.90. The molecule has 1 aliphatic carbocycles. The third-order valence-electron chi connectivity index (χ3n) is 2.90. The van der Waals surface area contributed by atoms with Crippen LogP contribution >= 0.6 is 0 Å². The number of allylic oxidation sites excluding steroid dienone is 1. The molecule has 0 fully saturated rings. The molecule has 0 aromatic rings. The molecule has 0 atom stereocenters. The highest BCUT2D eigenvalue weighted by molar-refractivity contribution is 5.31. The van der Waals surface area contributed by atoms with E-state index in [0.717, 1.165) is 0 Å². The van der Waals surface area contributed by atoms with Gasteiger partial charge >= 0.3 is 0 Å². The Labute approximate surface area is 82.4 Å². The van der Waals surface area contributed by atoms with Gasteiger partial charge in [0.15, 0.2) is 0 Å². The normalized spacial score (nSPS) is 19.8. The van der Waals surface area contributed by atoms with E-state index in [1.165, 1.54) is 24.8 Å². The Balaban J connectivity index is 3.04. The van der Waals surface area contributed by atoms with Gasteiger partial charge in [0, 0.05) is 5.54 Å². The smallest absolute Gasteiger partial charge is 0.0314 e. The van der Waals surface area contributed by atoms with Crippen molar-refractivity contribution in [1.29, 1.82) is 0 Å². The molecule has 0 aliphatic heterocycles.